The molecule has 1 aromatic rings. The van der Waals surface area contributed by atoms with Crippen LogP contribution in [0, 0.1) is 6.07 Å². The van der Waals surface area contributed by atoms with Crippen molar-refractivity contribution in [1.82, 2.24) is 0 Å². The second-order valence-electron chi connectivity index (χ2n) is 4.50. The molecule has 0 fully saturated rings. The summed E-state index contributed by atoms with van der Waals surface area (Å²) in [6.07, 6.45) is 7.09. The molecule has 0 saturated heterocycles. The molecule has 0 unspecified atom stereocenters. The van der Waals surface area contributed by atoms with Crippen molar-refractivity contribution in [1.29, 1.82) is 0 Å². The molecule has 1 rings (SSSR count). The predicted molar refractivity (Wildman–Crippen MR) is 81.1 cm³/mol. The van der Waals surface area contributed by atoms with Crippen LogP contribution in [0.1, 0.15) is 52.4 Å². The Balaban J connectivity index is 0. The average Bonchev–Trinajstić information content (AvgIpc) is 2.40. The molecule has 0 radical (unpaired) electrons. The van der Waals surface area contributed by atoms with Gasteiger partial charge in [-0.05, 0) is 12.8 Å². The van der Waals surface area contributed by atoms with Crippen molar-refractivity contribution in [3.05, 3.63) is 24.3 Å². The molecule has 4 heteroatoms. The van der Waals surface area contributed by atoms with E-state index in [2.05, 4.69) is 19.9 Å². The second-order valence-corrected chi connectivity index (χ2v) is 4.50. The summed E-state index contributed by atoms with van der Waals surface area (Å²) in [5.41, 5.74) is 0. The second kappa shape index (κ2) is 15.5. The van der Waals surface area contributed by atoms with Crippen molar-refractivity contribution in [2.24, 2.45) is 0 Å². The maximum absolute atomic E-state index is 5.68. The Morgan fingerprint density at radius 3 is 2.15 bits per heavy atom. The molecule has 0 N–H and O–H groups in total. The zero-order valence-electron chi connectivity index (χ0n) is 12.8. The summed E-state index contributed by atoms with van der Waals surface area (Å²) in [5, 5.41) is 0. The molecular formula is C16H25BrMgO2. The molecule has 0 bridgehead atoms. The molecule has 0 spiro atoms. The first-order valence-corrected chi connectivity index (χ1v) is 7.14. The van der Waals surface area contributed by atoms with Crippen LogP contribution in [-0.4, -0.2) is 36.3 Å². The standard InChI is InChI=1S/C16H25O2.BrH.Mg/c1-3-5-7-12-17-15-10-9-11-16(14-15)18-13-8-6-4-2;;/h9-10,14H,3-8,12-13H2,1-2H3;1H;/q-1;;+2/p-1. The molecule has 0 heterocycles. The van der Waals surface area contributed by atoms with Gasteiger partial charge in [-0.3, -0.25) is 0 Å². The molecule has 110 valence electrons. The largest absolute Gasteiger partial charge is 2.00 e. The van der Waals surface area contributed by atoms with Crippen molar-refractivity contribution >= 4 is 23.1 Å². The molecule has 0 saturated carbocycles. The van der Waals surface area contributed by atoms with Crippen LogP contribution in [0.2, 0.25) is 0 Å². The Labute approximate surface area is 150 Å². The van der Waals surface area contributed by atoms with Crippen LogP contribution in [0.3, 0.4) is 0 Å². The van der Waals surface area contributed by atoms with Crippen molar-refractivity contribution in [2.45, 2.75) is 52.4 Å². The average molecular weight is 354 g/mol. The summed E-state index contributed by atoms with van der Waals surface area (Å²) < 4.78 is 11.3. The first-order valence-electron chi connectivity index (χ1n) is 7.14. The summed E-state index contributed by atoms with van der Waals surface area (Å²) in [4.78, 5) is 0. The third kappa shape index (κ3) is 10.8. The Kier molecular flexibility index (Phi) is 17.3. The fourth-order valence-corrected chi connectivity index (χ4v) is 1.67. The van der Waals surface area contributed by atoms with E-state index in [1.54, 1.807) is 0 Å². The van der Waals surface area contributed by atoms with Gasteiger partial charge in [-0.2, -0.15) is 6.07 Å². The molecule has 2 nitrogen and oxygen atoms in total. The molecule has 0 aliphatic rings. The van der Waals surface area contributed by atoms with Crippen molar-refractivity contribution < 1.29 is 26.5 Å². The van der Waals surface area contributed by atoms with E-state index < -0.39 is 0 Å². The van der Waals surface area contributed by atoms with Gasteiger partial charge in [-0.15, -0.1) is 12.1 Å². The minimum atomic E-state index is 0. The van der Waals surface area contributed by atoms with Gasteiger partial charge in [-0.25, -0.2) is 0 Å². The van der Waals surface area contributed by atoms with Crippen LogP contribution in [0.5, 0.6) is 11.5 Å². The van der Waals surface area contributed by atoms with Crippen molar-refractivity contribution in [3.8, 4) is 11.5 Å². The van der Waals surface area contributed by atoms with Gasteiger partial charge >= 0.3 is 23.1 Å². The first kappa shape index (κ1) is 22.3. The van der Waals surface area contributed by atoms with Gasteiger partial charge in [0.25, 0.3) is 0 Å². The van der Waals surface area contributed by atoms with Crippen LogP contribution in [0.4, 0.5) is 0 Å². The third-order valence-electron chi connectivity index (χ3n) is 2.77. The Morgan fingerprint density at radius 2 is 1.55 bits per heavy atom. The number of halogens is 1. The molecule has 0 amide bonds. The van der Waals surface area contributed by atoms with Gasteiger partial charge in [0, 0.05) is 11.5 Å². The van der Waals surface area contributed by atoms with E-state index in [1.807, 2.05) is 18.2 Å². The molecule has 0 aliphatic carbocycles. The number of unbranched alkanes of at least 4 members (excludes halogenated alkanes) is 4. The number of hydrogen-bond acceptors (Lipinski definition) is 2. The minimum Gasteiger partial charge on any atom is -1.00 e. The quantitative estimate of drug-likeness (QED) is 0.358. The van der Waals surface area contributed by atoms with Crippen LogP contribution in [-0.2, 0) is 0 Å². The molecular weight excluding hydrogens is 328 g/mol. The number of benzene rings is 1. The maximum Gasteiger partial charge on any atom is 2.00 e. The van der Waals surface area contributed by atoms with Gasteiger partial charge in [0.15, 0.2) is 0 Å². The van der Waals surface area contributed by atoms with Gasteiger partial charge in [-0.1, -0.05) is 45.6 Å². The van der Waals surface area contributed by atoms with E-state index in [1.165, 1.54) is 25.7 Å². The van der Waals surface area contributed by atoms with Gasteiger partial charge in [0.2, 0.25) is 0 Å². The fraction of sp³-hybridized carbons (Fsp3) is 0.625. The van der Waals surface area contributed by atoms with Crippen molar-refractivity contribution in [3.63, 3.8) is 0 Å². The van der Waals surface area contributed by atoms with Crippen LogP contribution < -0.4 is 26.5 Å². The summed E-state index contributed by atoms with van der Waals surface area (Å²) in [5.74, 6) is 1.68. The molecule has 0 aliphatic heterocycles. The van der Waals surface area contributed by atoms with Gasteiger partial charge in [0.05, 0.1) is 13.2 Å². The molecule has 0 atom stereocenters. The predicted octanol–water partition coefficient (Wildman–Crippen LogP) is 1.25. The van der Waals surface area contributed by atoms with Gasteiger partial charge in [0.1, 0.15) is 0 Å². The fourth-order valence-electron chi connectivity index (χ4n) is 1.67. The number of ether oxygens (including phenoxy) is 2. The maximum atomic E-state index is 5.68. The van der Waals surface area contributed by atoms with E-state index >= 15 is 0 Å². The normalized spacial score (nSPS) is 9.30. The monoisotopic (exact) mass is 352 g/mol. The summed E-state index contributed by atoms with van der Waals surface area (Å²) in [7, 11) is 0. The van der Waals surface area contributed by atoms with E-state index in [0.29, 0.717) is 0 Å². The Hall–Kier alpha value is 0.0662. The number of hydrogen-bond donors (Lipinski definition) is 0. The van der Waals surface area contributed by atoms with E-state index in [9.17, 15) is 0 Å². The van der Waals surface area contributed by atoms with Crippen LogP contribution in [0.15, 0.2) is 18.2 Å². The van der Waals surface area contributed by atoms with Crippen molar-refractivity contribution in [2.75, 3.05) is 13.2 Å². The third-order valence-corrected chi connectivity index (χ3v) is 2.77. The zero-order valence-corrected chi connectivity index (χ0v) is 15.8. The Bertz CT molecular complexity index is 294. The van der Waals surface area contributed by atoms with Gasteiger partial charge < -0.3 is 26.5 Å². The van der Waals surface area contributed by atoms with E-state index in [0.717, 1.165) is 37.6 Å². The summed E-state index contributed by atoms with van der Waals surface area (Å²) in [6.45, 7) is 5.94. The summed E-state index contributed by atoms with van der Waals surface area (Å²) in [6, 6.07) is 8.81. The smallest absolute Gasteiger partial charge is 1.00 e. The van der Waals surface area contributed by atoms with Crippen LogP contribution in [0.25, 0.3) is 0 Å². The topological polar surface area (TPSA) is 18.5 Å². The Morgan fingerprint density at radius 1 is 0.950 bits per heavy atom. The molecule has 0 aromatic heterocycles. The zero-order chi connectivity index (χ0) is 13.1. The van der Waals surface area contributed by atoms with Crippen LogP contribution >= 0.6 is 0 Å². The molecule has 1 aromatic carbocycles. The molecule has 20 heavy (non-hydrogen) atoms. The number of rotatable bonds is 10. The first-order chi connectivity index (χ1) is 8.86. The van der Waals surface area contributed by atoms with E-state index in [-0.39, 0.29) is 40.0 Å². The SMILES string of the molecule is CCCCCOc1[c-]ccc(OCCCCC)c1.[Br-].[Mg+2]. The summed E-state index contributed by atoms with van der Waals surface area (Å²) >= 11 is 0. The minimum absolute atomic E-state index is 0. The van der Waals surface area contributed by atoms with E-state index in [4.69, 9.17) is 9.47 Å².